The normalized spacial score (nSPS) is 12.3. The van der Waals surface area contributed by atoms with Gasteiger partial charge in [-0.05, 0) is 18.6 Å². The monoisotopic (exact) mass is 448 g/mol. The van der Waals surface area contributed by atoms with Crippen LogP contribution in [0.2, 0.25) is 0 Å². The number of hydrogen-bond acceptors (Lipinski definition) is 6. The van der Waals surface area contributed by atoms with Crippen molar-refractivity contribution in [2.24, 2.45) is 0 Å². The Morgan fingerprint density at radius 2 is 1.68 bits per heavy atom. The summed E-state index contributed by atoms with van der Waals surface area (Å²) in [5.41, 5.74) is 6.68. The molecule has 0 aliphatic rings. The van der Waals surface area contributed by atoms with Gasteiger partial charge in [-0.15, -0.1) is 11.3 Å². The molecule has 5 nitrogen and oxygen atoms in total. The van der Waals surface area contributed by atoms with Gasteiger partial charge in [0.05, 0.1) is 12.2 Å². The third kappa shape index (κ3) is 9.16. The molecular formula is C25H40N2O3S. The van der Waals surface area contributed by atoms with E-state index in [0.717, 1.165) is 24.1 Å². The number of nitrogens with zero attached hydrogens (tertiary/aromatic N) is 1. The molecule has 2 rings (SSSR count). The highest BCUT2D eigenvalue weighted by Gasteiger charge is 2.27. The van der Waals surface area contributed by atoms with Gasteiger partial charge in [0.25, 0.3) is 0 Å². The Morgan fingerprint density at radius 1 is 1.06 bits per heavy atom. The molecule has 0 radical (unpaired) electrons. The van der Waals surface area contributed by atoms with Crippen LogP contribution in [0, 0.1) is 0 Å². The molecule has 0 aliphatic heterocycles. The Bertz CT molecular complexity index is 727. The number of hydrogen-bond donors (Lipinski definition) is 1. The van der Waals surface area contributed by atoms with Gasteiger partial charge >= 0.3 is 0 Å². The fourth-order valence-corrected chi connectivity index (χ4v) is 5.04. The van der Waals surface area contributed by atoms with E-state index in [4.69, 9.17) is 14.9 Å². The van der Waals surface area contributed by atoms with Gasteiger partial charge in [0.2, 0.25) is 0 Å². The first kappa shape index (κ1) is 25.6. The number of carbonyl (C=O) groups excluding carboxylic acids is 1. The van der Waals surface area contributed by atoms with E-state index in [9.17, 15) is 4.79 Å². The number of carbonyl (C=O) groups is 1. The second-order valence-corrected chi connectivity index (χ2v) is 9.43. The molecule has 0 amide bonds. The molecule has 2 aromatic rings. The van der Waals surface area contributed by atoms with E-state index in [2.05, 4.69) is 11.9 Å². The maximum atomic E-state index is 12.8. The van der Waals surface area contributed by atoms with Crippen LogP contribution >= 0.6 is 11.3 Å². The highest BCUT2D eigenvalue weighted by molar-refractivity contribution is 7.16. The fraction of sp³-hybridized carbons (Fsp3) is 0.680. The summed E-state index contributed by atoms with van der Waals surface area (Å²) in [6.45, 7) is 2.37. The Hall–Kier alpha value is -1.66. The number of ketones is 1. The van der Waals surface area contributed by atoms with Crippen molar-refractivity contribution < 1.29 is 13.9 Å². The summed E-state index contributed by atoms with van der Waals surface area (Å²) >= 11 is 1.39. The molecule has 2 aromatic heterocycles. The van der Waals surface area contributed by atoms with Crippen molar-refractivity contribution in [3.05, 3.63) is 23.3 Å². The van der Waals surface area contributed by atoms with Crippen molar-refractivity contribution in [2.45, 2.75) is 96.3 Å². The van der Waals surface area contributed by atoms with E-state index < -0.39 is 0 Å². The summed E-state index contributed by atoms with van der Waals surface area (Å²) in [4.78, 5) is 18.1. The summed E-state index contributed by atoms with van der Waals surface area (Å²) in [5.74, 6) is 0.507. The maximum Gasteiger partial charge on any atom is 0.180 e. The van der Waals surface area contributed by atoms with Crippen molar-refractivity contribution in [1.29, 1.82) is 0 Å². The van der Waals surface area contributed by atoms with Crippen molar-refractivity contribution in [2.75, 3.05) is 19.5 Å². The zero-order valence-electron chi connectivity index (χ0n) is 19.4. The van der Waals surface area contributed by atoms with Crippen LogP contribution in [0.4, 0.5) is 5.13 Å². The van der Waals surface area contributed by atoms with Crippen molar-refractivity contribution in [3.63, 3.8) is 0 Å². The van der Waals surface area contributed by atoms with Crippen LogP contribution in [0.1, 0.15) is 101 Å². The van der Waals surface area contributed by atoms with Gasteiger partial charge in [-0.25, -0.2) is 4.98 Å². The Kier molecular flexibility index (Phi) is 12.5. The van der Waals surface area contributed by atoms with E-state index in [1.807, 2.05) is 12.1 Å². The summed E-state index contributed by atoms with van der Waals surface area (Å²) in [6.07, 6.45) is 18.0. The molecule has 1 unspecified atom stereocenters. The molecule has 0 aliphatic carbocycles. The Balaban J connectivity index is 1.76. The number of rotatable bonds is 18. The number of aromatic nitrogens is 1. The molecule has 0 spiro atoms. The molecule has 0 fully saturated rings. The topological polar surface area (TPSA) is 78.4 Å². The molecule has 2 N–H and O–H groups in total. The highest BCUT2D eigenvalue weighted by atomic mass is 32.1. The van der Waals surface area contributed by atoms with Crippen LogP contribution in [0.5, 0.6) is 0 Å². The number of ether oxygens (including phenoxy) is 1. The van der Waals surface area contributed by atoms with Crippen molar-refractivity contribution in [1.82, 2.24) is 4.98 Å². The number of furan rings is 1. The SMILES string of the molecule is CCCCCCCCCCCCCCC(C(=O)COC)c1sc(N)nc1-c1ccco1. The Morgan fingerprint density at radius 3 is 2.23 bits per heavy atom. The number of methoxy groups -OCH3 is 1. The summed E-state index contributed by atoms with van der Waals surface area (Å²) < 4.78 is 10.7. The summed E-state index contributed by atoms with van der Waals surface area (Å²) in [7, 11) is 1.56. The lowest BCUT2D eigenvalue weighted by molar-refractivity contribution is -0.124. The lowest BCUT2D eigenvalue weighted by atomic mass is 9.93. The van der Waals surface area contributed by atoms with Gasteiger partial charge in [-0.2, -0.15) is 0 Å². The molecule has 6 heteroatoms. The van der Waals surface area contributed by atoms with E-state index >= 15 is 0 Å². The number of Topliss-reactive ketones (excluding diaryl/α,β-unsaturated/α-hetero) is 1. The zero-order chi connectivity index (χ0) is 22.3. The van der Waals surface area contributed by atoms with Crippen LogP contribution in [0.15, 0.2) is 22.8 Å². The fourth-order valence-electron chi connectivity index (χ4n) is 4.05. The standard InChI is InChI=1S/C25H40N2O3S/c1-3-4-5-6-7-8-9-10-11-12-13-14-16-20(21(28)19-29-2)24-23(27-25(26)31-24)22-17-15-18-30-22/h15,17-18,20H,3-14,16,19H2,1-2H3,(H2,26,27). The van der Waals surface area contributed by atoms with Gasteiger partial charge in [-0.1, -0.05) is 84.0 Å². The minimum atomic E-state index is -0.238. The molecule has 1 atom stereocenters. The number of unbranched alkanes of at least 4 members (excludes halogenated alkanes) is 11. The average Bonchev–Trinajstić information content (AvgIpc) is 3.41. The number of nitrogen functional groups attached to an aromatic ring is 1. The quantitative estimate of drug-likeness (QED) is 0.241. The average molecular weight is 449 g/mol. The molecule has 0 saturated carbocycles. The minimum absolute atomic E-state index is 0.0852. The minimum Gasteiger partial charge on any atom is -0.463 e. The second-order valence-electron chi connectivity index (χ2n) is 8.37. The van der Waals surface area contributed by atoms with Crippen molar-refractivity contribution >= 4 is 22.3 Å². The van der Waals surface area contributed by atoms with Crippen LogP contribution in [0.3, 0.4) is 0 Å². The molecule has 0 saturated heterocycles. The smallest absolute Gasteiger partial charge is 0.180 e. The van der Waals surface area contributed by atoms with Gasteiger partial charge in [-0.3, -0.25) is 4.79 Å². The predicted molar refractivity (Wildman–Crippen MR) is 130 cm³/mol. The largest absolute Gasteiger partial charge is 0.463 e. The summed E-state index contributed by atoms with van der Waals surface area (Å²) in [6, 6.07) is 3.69. The van der Waals surface area contributed by atoms with Gasteiger partial charge < -0.3 is 14.9 Å². The van der Waals surface area contributed by atoms with Crippen LogP contribution in [0.25, 0.3) is 11.5 Å². The number of anilines is 1. The van der Waals surface area contributed by atoms with E-state index in [1.165, 1.54) is 75.5 Å². The van der Waals surface area contributed by atoms with Crippen molar-refractivity contribution in [3.8, 4) is 11.5 Å². The first-order valence-corrected chi connectivity index (χ1v) is 12.8. The third-order valence-corrected chi connectivity index (χ3v) is 6.76. The van der Waals surface area contributed by atoms with Gasteiger partial charge in [0.15, 0.2) is 16.7 Å². The molecule has 0 aromatic carbocycles. The van der Waals surface area contributed by atoms with E-state index in [1.54, 1.807) is 13.4 Å². The molecule has 31 heavy (non-hydrogen) atoms. The number of nitrogens with two attached hydrogens (primary N) is 1. The second kappa shape index (κ2) is 15.2. The highest BCUT2D eigenvalue weighted by Crippen LogP contribution is 2.38. The predicted octanol–water partition coefficient (Wildman–Crippen LogP) is 7.38. The molecule has 0 bridgehead atoms. The molecule has 174 valence electrons. The lowest BCUT2D eigenvalue weighted by Gasteiger charge is -2.15. The van der Waals surface area contributed by atoms with E-state index in [0.29, 0.717) is 16.6 Å². The number of thiazole rings is 1. The maximum absolute atomic E-state index is 12.8. The molecule has 2 heterocycles. The first-order chi connectivity index (χ1) is 15.2. The van der Waals surface area contributed by atoms with Gasteiger partial charge in [0, 0.05) is 12.0 Å². The van der Waals surface area contributed by atoms with Crippen LogP contribution in [-0.4, -0.2) is 24.5 Å². The van der Waals surface area contributed by atoms with Gasteiger partial charge in [0.1, 0.15) is 12.3 Å². The first-order valence-electron chi connectivity index (χ1n) is 12.0. The summed E-state index contributed by atoms with van der Waals surface area (Å²) in [5, 5.41) is 0.464. The zero-order valence-corrected chi connectivity index (χ0v) is 20.2. The lowest BCUT2D eigenvalue weighted by Crippen LogP contribution is -2.17. The van der Waals surface area contributed by atoms with Crippen LogP contribution in [-0.2, 0) is 9.53 Å². The van der Waals surface area contributed by atoms with Crippen LogP contribution < -0.4 is 5.73 Å². The molecular weight excluding hydrogens is 408 g/mol. The third-order valence-electron chi connectivity index (χ3n) is 5.76. The Labute approximate surface area is 191 Å². The van der Waals surface area contributed by atoms with E-state index in [-0.39, 0.29) is 18.3 Å².